The molecular formula is C21H38N4O6Si. The summed E-state index contributed by atoms with van der Waals surface area (Å²) < 4.78 is 26.6. The lowest BCUT2D eigenvalue weighted by atomic mass is 9.99. The smallest absolute Gasteiger partial charge is 0.305 e. The number of nitriles is 2. The predicted molar refractivity (Wildman–Crippen MR) is 121 cm³/mol. The number of azo groups is 1. The van der Waals surface area contributed by atoms with Gasteiger partial charge >= 0.3 is 5.97 Å². The van der Waals surface area contributed by atoms with E-state index in [0.29, 0.717) is 39.6 Å². The molecule has 0 fully saturated rings. The van der Waals surface area contributed by atoms with Crippen LogP contribution < -0.4 is 0 Å². The van der Waals surface area contributed by atoms with Gasteiger partial charge in [-0.2, -0.15) is 20.8 Å². The Morgan fingerprint density at radius 3 is 1.78 bits per heavy atom. The quantitative estimate of drug-likeness (QED) is 0.113. The molecule has 0 aliphatic carbocycles. The average molecular weight is 471 g/mol. The number of rotatable bonds is 20. The van der Waals surface area contributed by atoms with Gasteiger partial charge in [-0.05, 0) is 33.6 Å². The minimum atomic E-state index is -1.19. The summed E-state index contributed by atoms with van der Waals surface area (Å²) in [6.07, 6.45) is 1.30. The van der Waals surface area contributed by atoms with Gasteiger partial charge in [-0.3, -0.25) is 4.79 Å². The van der Waals surface area contributed by atoms with Gasteiger partial charge in [0.25, 0.3) is 0 Å². The van der Waals surface area contributed by atoms with E-state index in [0.717, 1.165) is 13.0 Å². The van der Waals surface area contributed by atoms with Crippen molar-refractivity contribution in [2.45, 2.75) is 57.2 Å². The summed E-state index contributed by atoms with van der Waals surface area (Å²) in [6, 6.07) is 5.26. The number of carbonyl (C=O) groups excluding carboxylic acids is 1. The molecule has 0 aliphatic heterocycles. The number of hydrogen-bond acceptors (Lipinski definition) is 10. The monoisotopic (exact) mass is 470 g/mol. The van der Waals surface area contributed by atoms with E-state index in [9.17, 15) is 10.1 Å². The molecule has 0 aromatic rings. The van der Waals surface area contributed by atoms with Gasteiger partial charge in [0.05, 0.1) is 58.4 Å². The number of carbonyl (C=O) groups is 1. The fourth-order valence-electron chi connectivity index (χ4n) is 2.03. The summed E-state index contributed by atoms with van der Waals surface area (Å²) in [6.45, 7) is 8.93. The summed E-state index contributed by atoms with van der Waals surface area (Å²) in [7, 11) is 1.22. The van der Waals surface area contributed by atoms with Gasteiger partial charge in [-0.25, -0.2) is 0 Å². The first-order chi connectivity index (χ1) is 15.3. The molecule has 0 heterocycles. The highest BCUT2D eigenvalue weighted by Crippen LogP contribution is 2.20. The first-order valence-corrected chi connectivity index (χ1v) is 12.4. The number of nitrogens with zero attached hydrogens (tertiary/aromatic N) is 4. The molecule has 10 nitrogen and oxygen atoms in total. The van der Waals surface area contributed by atoms with Gasteiger partial charge in [0.1, 0.15) is 6.61 Å². The van der Waals surface area contributed by atoms with Crippen molar-refractivity contribution in [1.29, 1.82) is 10.5 Å². The zero-order valence-corrected chi connectivity index (χ0v) is 21.9. The molecule has 0 amide bonds. The van der Waals surface area contributed by atoms with Crippen LogP contribution in [-0.4, -0.2) is 86.8 Å². The van der Waals surface area contributed by atoms with Gasteiger partial charge in [-0.15, -0.1) is 0 Å². The molecule has 0 rings (SSSR count). The lowest BCUT2D eigenvalue weighted by Gasteiger charge is -2.16. The second-order valence-corrected chi connectivity index (χ2v) is 8.78. The maximum absolute atomic E-state index is 11.8. The van der Waals surface area contributed by atoms with Gasteiger partial charge < -0.3 is 23.7 Å². The molecule has 0 saturated carbocycles. The molecule has 32 heavy (non-hydrogen) atoms. The van der Waals surface area contributed by atoms with Gasteiger partial charge in [0.2, 0.25) is 0 Å². The van der Waals surface area contributed by atoms with Crippen LogP contribution in [0.3, 0.4) is 0 Å². The Hall–Kier alpha value is -1.89. The normalized spacial score (nSPS) is 13.5. The third kappa shape index (κ3) is 17.8. The molecule has 1 atom stereocenters. The van der Waals surface area contributed by atoms with Crippen LogP contribution in [0.4, 0.5) is 0 Å². The maximum atomic E-state index is 11.8. The SMILES string of the molecule is CC(C)(C#N)N=NC(C)(C#N)CCC(=O)OCCOCCOCCOCCOCCC[SiH3]. The van der Waals surface area contributed by atoms with Gasteiger partial charge in [0, 0.05) is 23.3 Å². The molecule has 0 aromatic carbocycles. The van der Waals surface area contributed by atoms with E-state index in [1.54, 1.807) is 20.8 Å². The Morgan fingerprint density at radius 2 is 1.31 bits per heavy atom. The fraction of sp³-hybridized carbons (Fsp3) is 0.857. The van der Waals surface area contributed by atoms with E-state index >= 15 is 0 Å². The second-order valence-electron chi connectivity index (χ2n) is 7.78. The topological polar surface area (TPSA) is 136 Å². The van der Waals surface area contributed by atoms with Crippen LogP contribution in [0.1, 0.15) is 40.0 Å². The molecule has 1 unspecified atom stereocenters. The van der Waals surface area contributed by atoms with Crippen LogP contribution >= 0.6 is 0 Å². The Labute approximate surface area is 194 Å². The Morgan fingerprint density at radius 1 is 0.812 bits per heavy atom. The third-order valence-electron chi connectivity index (χ3n) is 4.10. The minimum absolute atomic E-state index is 0.0182. The molecule has 0 spiro atoms. The Bertz CT molecular complexity index is 620. The van der Waals surface area contributed by atoms with Crippen molar-refractivity contribution >= 4 is 16.2 Å². The summed E-state index contributed by atoms with van der Waals surface area (Å²) in [5, 5.41) is 26.1. The fourth-order valence-corrected chi connectivity index (χ4v) is 2.31. The standard InChI is InChI=1S/C21H38N4O6Si/c1-20(2,17-22)24-25-21(3,18-23)6-5-19(26)31-15-14-30-13-12-29-11-10-28-9-8-27-7-4-16-32/h4-16H2,1-3,32H3. The molecule has 0 bridgehead atoms. The largest absolute Gasteiger partial charge is 0.463 e. The predicted octanol–water partition coefficient (Wildman–Crippen LogP) is 1.59. The Kier molecular flexibility index (Phi) is 17.6. The summed E-state index contributed by atoms with van der Waals surface area (Å²) >= 11 is 0. The number of hydrogen-bond donors (Lipinski definition) is 0. The highest BCUT2D eigenvalue weighted by Gasteiger charge is 2.27. The van der Waals surface area contributed by atoms with Crippen molar-refractivity contribution < 1.29 is 28.5 Å². The second kappa shape index (κ2) is 18.7. The first kappa shape index (κ1) is 30.1. The molecule has 182 valence electrons. The molecule has 0 aliphatic rings. The van der Waals surface area contributed by atoms with Gasteiger partial charge in [-0.1, -0.05) is 6.04 Å². The van der Waals surface area contributed by atoms with Crippen LogP contribution in [-0.2, 0) is 28.5 Å². The van der Waals surface area contributed by atoms with E-state index < -0.39 is 17.0 Å². The zero-order valence-electron chi connectivity index (χ0n) is 19.9. The molecule has 0 N–H and O–H groups in total. The highest BCUT2D eigenvalue weighted by molar-refractivity contribution is 6.08. The zero-order chi connectivity index (χ0) is 24.1. The van der Waals surface area contributed by atoms with Crippen molar-refractivity contribution in [3.05, 3.63) is 0 Å². The lowest BCUT2D eigenvalue weighted by molar-refractivity contribution is -0.145. The van der Waals surface area contributed by atoms with E-state index in [4.69, 9.17) is 28.9 Å². The van der Waals surface area contributed by atoms with Crippen molar-refractivity contribution in [3.63, 3.8) is 0 Å². The minimum Gasteiger partial charge on any atom is -0.463 e. The number of esters is 1. The van der Waals surface area contributed by atoms with Crippen LogP contribution in [0.5, 0.6) is 0 Å². The van der Waals surface area contributed by atoms with E-state index in [-0.39, 0.29) is 26.1 Å². The first-order valence-electron chi connectivity index (χ1n) is 11.0. The van der Waals surface area contributed by atoms with E-state index in [2.05, 4.69) is 10.2 Å². The van der Waals surface area contributed by atoms with Crippen molar-refractivity contribution in [2.75, 3.05) is 59.5 Å². The summed E-state index contributed by atoms with van der Waals surface area (Å²) in [5.74, 6) is -0.446. The third-order valence-corrected chi connectivity index (χ3v) is 4.81. The lowest BCUT2D eigenvalue weighted by Crippen LogP contribution is -2.23. The van der Waals surface area contributed by atoms with Crippen molar-refractivity contribution in [2.24, 2.45) is 10.2 Å². The molecule has 0 saturated heterocycles. The van der Waals surface area contributed by atoms with Gasteiger partial charge in [0.15, 0.2) is 11.1 Å². The van der Waals surface area contributed by atoms with Crippen molar-refractivity contribution in [1.82, 2.24) is 0 Å². The van der Waals surface area contributed by atoms with E-state index in [1.165, 1.54) is 16.3 Å². The van der Waals surface area contributed by atoms with Crippen LogP contribution in [0, 0.1) is 22.7 Å². The van der Waals surface area contributed by atoms with Crippen LogP contribution in [0.25, 0.3) is 0 Å². The molecule has 11 heteroatoms. The highest BCUT2D eigenvalue weighted by atomic mass is 28.1. The van der Waals surface area contributed by atoms with E-state index in [1.807, 2.05) is 12.1 Å². The number of ether oxygens (including phenoxy) is 5. The van der Waals surface area contributed by atoms with Crippen LogP contribution in [0.15, 0.2) is 10.2 Å². The maximum Gasteiger partial charge on any atom is 0.305 e. The molecular weight excluding hydrogens is 432 g/mol. The molecule has 0 radical (unpaired) electrons. The summed E-state index contributed by atoms with van der Waals surface area (Å²) in [5.41, 5.74) is -2.20. The Balaban J connectivity index is 3.66. The summed E-state index contributed by atoms with van der Waals surface area (Å²) in [4.78, 5) is 11.8. The molecule has 0 aromatic heterocycles. The van der Waals surface area contributed by atoms with Crippen LogP contribution in [0.2, 0.25) is 6.04 Å². The average Bonchev–Trinajstić information content (AvgIpc) is 2.79. The van der Waals surface area contributed by atoms with Crippen molar-refractivity contribution in [3.8, 4) is 12.1 Å².